The molecule has 33 heavy (non-hydrogen) atoms. The summed E-state index contributed by atoms with van der Waals surface area (Å²) >= 11 is 7.47. The van der Waals surface area contributed by atoms with E-state index in [-0.39, 0.29) is 11.8 Å². The van der Waals surface area contributed by atoms with Gasteiger partial charge in [0.1, 0.15) is 5.78 Å². The lowest BCUT2D eigenvalue weighted by Gasteiger charge is -2.23. The molecule has 0 radical (unpaired) electrons. The topological polar surface area (TPSA) is 72.0 Å². The summed E-state index contributed by atoms with van der Waals surface area (Å²) in [6.45, 7) is 2.73. The smallest absolute Gasteiger partial charge is 0.252 e. The van der Waals surface area contributed by atoms with E-state index in [1.54, 1.807) is 17.5 Å². The van der Waals surface area contributed by atoms with Crippen LogP contribution in [0.25, 0.3) is 0 Å². The zero-order valence-electron chi connectivity index (χ0n) is 19.2. The van der Waals surface area contributed by atoms with Gasteiger partial charge in [0.2, 0.25) is 0 Å². The lowest BCUT2D eigenvalue weighted by atomic mass is 9.82. The first kappa shape index (κ1) is 22.8. The van der Waals surface area contributed by atoms with Crippen LogP contribution in [0.2, 0.25) is 0 Å². The summed E-state index contributed by atoms with van der Waals surface area (Å²) in [7, 11) is 0. The lowest BCUT2D eigenvalue weighted by Crippen LogP contribution is -2.28. The molecule has 2 aromatic heterocycles. The van der Waals surface area contributed by atoms with Gasteiger partial charge in [0.05, 0.1) is 11.3 Å². The van der Waals surface area contributed by atoms with Crippen LogP contribution in [-0.4, -0.2) is 33.3 Å². The molecule has 0 aliphatic heterocycles. The lowest BCUT2D eigenvalue weighted by molar-refractivity contribution is -0.119. The van der Waals surface area contributed by atoms with Crippen molar-refractivity contribution in [2.24, 2.45) is 17.8 Å². The van der Waals surface area contributed by atoms with E-state index in [2.05, 4.69) is 15.5 Å². The molecule has 5 nitrogen and oxygen atoms in total. The molecule has 1 N–H and O–H groups in total. The highest BCUT2D eigenvalue weighted by Gasteiger charge is 2.34. The number of ketones is 1. The molecule has 7 heteroatoms. The molecule has 0 aromatic carbocycles. The highest BCUT2D eigenvalue weighted by Crippen LogP contribution is 2.40. The van der Waals surface area contributed by atoms with Gasteiger partial charge in [-0.2, -0.15) is 10.2 Å². The Labute approximate surface area is 204 Å². The number of thiocarbonyl (C=S) groups is 1. The number of rotatable bonds is 10. The maximum Gasteiger partial charge on any atom is 0.252 e. The summed E-state index contributed by atoms with van der Waals surface area (Å²) < 4.78 is 0. The van der Waals surface area contributed by atoms with E-state index in [4.69, 9.17) is 12.2 Å². The Morgan fingerprint density at radius 2 is 1.97 bits per heavy atom. The van der Waals surface area contributed by atoms with Crippen LogP contribution >= 0.6 is 23.6 Å². The van der Waals surface area contributed by atoms with E-state index in [0.29, 0.717) is 24.0 Å². The monoisotopic (exact) mass is 481 g/mol. The minimum Gasteiger partial charge on any atom is -0.352 e. The first-order chi connectivity index (χ1) is 16.0. The van der Waals surface area contributed by atoms with Crippen LogP contribution in [0.3, 0.4) is 0 Å². The molecule has 0 unspecified atom stereocenters. The van der Waals surface area contributed by atoms with Gasteiger partial charge in [0, 0.05) is 41.3 Å². The molecule has 0 spiro atoms. The zero-order valence-corrected chi connectivity index (χ0v) is 20.8. The Balaban J connectivity index is 1.31. The predicted octanol–water partition coefficient (Wildman–Crippen LogP) is 4.62. The number of aryl methyl sites for hydroxylation is 2. The Kier molecular flexibility index (Phi) is 6.70. The molecule has 1 amide bonds. The van der Waals surface area contributed by atoms with Crippen molar-refractivity contribution < 1.29 is 9.59 Å². The molecule has 0 bridgehead atoms. The third kappa shape index (κ3) is 5.57. The fourth-order valence-electron chi connectivity index (χ4n) is 4.85. The second-order valence-corrected chi connectivity index (χ2v) is 11.8. The van der Waals surface area contributed by atoms with Crippen molar-refractivity contribution in [3.8, 4) is 0 Å². The third-order valence-corrected chi connectivity index (χ3v) is 8.80. The number of fused-ring (bicyclic) bond motifs is 1. The molecule has 3 aliphatic rings. The quantitative estimate of drug-likeness (QED) is 0.502. The van der Waals surface area contributed by atoms with Gasteiger partial charge in [0.15, 0.2) is 0 Å². The molecule has 2 fully saturated rings. The van der Waals surface area contributed by atoms with Gasteiger partial charge < -0.3 is 5.32 Å². The Morgan fingerprint density at radius 3 is 2.70 bits per heavy atom. The summed E-state index contributed by atoms with van der Waals surface area (Å²) in [5.41, 5.74) is 4.08. The summed E-state index contributed by atoms with van der Waals surface area (Å²) in [6.07, 6.45) is 11.2. The molecular weight excluding hydrogens is 450 g/mol. The minimum absolute atomic E-state index is 0.0275. The van der Waals surface area contributed by atoms with E-state index in [1.165, 1.54) is 23.3 Å². The summed E-state index contributed by atoms with van der Waals surface area (Å²) in [5, 5.41) is 11.2. The highest BCUT2D eigenvalue weighted by atomic mass is 32.1. The minimum atomic E-state index is 0.0275. The van der Waals surface area contributed by atoms with Crippen LogP contribution in [-0.2, 0) is 30.5 Å². The molecule has 2 saturated carbocycles. The molecule has 0 saturated heterocycles. The van der Waals surface area contributed by atoms with Gasteiger partial charge in [0.25, 0.3) is 5.91 Å². The SMILES string of the molecule is Cc1nnccc1CC(=S)C[C@H]1CCc2sc(CC(=O)C3CC3)c(C(=O)NCC3CC3)c2C1. The van der Waals surface area contributed by atoms with Crippen molar-refractivity contribution in [2.75, 3.05) is 6.54 Å². The maximum atomic E-state index is 13.3. The number of Topliss-reactive ketones (excluding diaryl/α,β-unsaturated/α-hetero) is 1. The molecule has 174 valence electrons. The van der Waals surface area contributed by atoms with Crippen LogP contribution in [0, 0.1) is 24.7 Å². The number of nitrogens with zero attached hydrogens (tertiary/aromatic N) is 2. The molecule has 3 aliphatic carbocycles. The number of nitrogens with one attached hydrogen (secondary N) is 1. The van der Waals surface area contributed by atoms with Gasteiger partial charge >= 0.3 is 0 Å². The fourth-order valence-corrected chi connectivity index (χ4v) is 6.60. The number of carbonyl (C=O) groups excluding carboxylic acids is 2. The predicted molar refractivity (Wildman–Crippen MR) is 134 cm³/mol. The zero-order chi connectivity index (χ0) is 22.9. The largest absolute Gasteiger partial charge is 0.352 e. The van der Waals surface area contributed by atoms with Crippen LogP contribution in [0.5, 0.6) is 0 Å². The van der Waals surface area contributed by atoms with Crippen molar-refractivity contribution in [1.82, 2.24) is 15.5 Å². The molecule has 2 aromatic rings. The number of aromatic nitrogens is 2. The summed E-state index contributed by atoms with van der Waals surface area (Å²) in [5.74, 6) is 1.64. The van der Waals surface area contributed by atoms with Crippen molar-refractivity contribution in [3.63, 3.8) is 0 Å². The molecule has 2 heterocycles. The van der Waals surface area contributed by atoms with E-state index < -0.39 is 0 Å². The van der Waals surface area contributed by atoms with E-state index in [9.17, 15) is 9.59 Å². The van der Waals surface area contributed by atoms with Crippen LogP contribution in [0.4, 0.5) is 0 Å². The van der Waals surface area contributed by atoms with Gasteiger partial charge in [-0.15, -0.1) is 11.3 Å². The van der Waals surface area contributed by atoms with E-state index >= 15 is 0 Å². The second-order valence-electron chi connectivity index (χ2n) is 10.0. The first-order valence-corrected chi connectivity index (χ1v) is 13.4. The van der Waals surface area contributed by atoms with Crippen molar-refractivity contribution >= 4 is 40.1 Å². The van der Waals surface area contributed by atoms with E-state index in [0.717, 1.165) is 78.1 Å². The average Bonchev–Trinajstić information content (AvgIpc) is 3.70. The van der Waals surface area contributed by atoms with Crippen molar-refractivity contribution in [2.45, 2.75) is 71.1 Å². The second kappa shape index (κ2) is 9.71. The molecule has 5 rings (SSSR count). The average molecular weight is 482 g/mol. The standard InChI is InChI=1S/C26H31N3O2S2/c1-15-19(8-9-28-29-15)12-20(32)10-17-4-7-23-21(11-17)25(26(31)27-14-16-2-3-16)24(33-23)13-22(30)18-5-6-18/h8-9,16-18H,2-7,10-14H2,1H3,(H,27,31)/t17-/m1/s1. The highest BCUT2D eigenvalue weighted by molar-refractivity contribution is 7.80. The van der Waals surface area contributed by atoms with Crippen LogP contribution in [0.15, 0.2) is 12.3 Å². The first-order valence-electron chi connectivity index (χ1n) is 12.2. The van der Waals surface area contributed by atoms with Gasteiger partial charge in [-0.05, 0) is 92.2 Å². The van der Waals surface area contributed by atoms with Gasteiger partial charge in [-0.3, -0.25) is 9.59 Å². The maximum absolute atomic E-state index is 13.3. The van der Waals surface area contributed by atoms with Gasteiger partial charge in [-0.1, -0.05) is 12.2 Å². The number of carbonyl (C=O) groups is 2. The summed E-state index contributed by atoms with van der Waals surface area (Å²) in [4.78, 5) is 29.2. The van der Waals surface area contributed by atoms with Crippen LogP contribution < -0.4 is 5.32 Å². The number of amides is 1. The van der Waals surface area contributed by atoms with Gasteiger partial charge in [-0.25, -0.2) is 0 Å². The Hall–Kier alpha value is -1.99. The molecular formula is C26H31N3O2S2. The van der Waals surface area contributed by atoms with Crippen LogP contribution in [0.1, 0.15) is 75.5 Å². The van der Waals surface area contributed by atoms with Crippen molar-refractivity contribution in [1.29, 1.82) is 0 Å². The summed E-state index contributed by atoms with van der Waals surface area (Å²) in [6, 6.07) is 2.00. The normalized spacial score (nSPS) is 19.7. The van der Waals surface area contributed by atoms with E-state index in [1.807, 2.05) is 13.0 Å². The number of hydrogen-bond acceptors (Lipinski definition) is 6. The Morgan fingerprint density at radius 1 is 1.15 bits per heavy atom. The third-order valence-electron chi connectivity index (χ3n) is 7.20. The fraction of sp³-hybridized carbons (Fsp3) is 0.577. The number of thiophene rings is 1. The number of hydrogen-bond donors (Lipinski definition) is 1. The van der Waals surface area contributed by atoms with Crippen molar-refractivity contribution in [3.05, 3.63) is 44.4 Å². The molecule has 1 atom stereocenters. The Bertz CT molecular complexity index is 1090.